The van der Waals surface area contributed by atoms with Crippen molar-refractivity contribution in [2.45, 2.75) is 433 Å². The van der Waals surface area contributed by atoms with E-state index in [1.54, 1.807) is 0 Å². The van der Waals surface area contributed by atoms with Crippen molar-refractivity contribution in [3.8, 4) is 0 Å². The minimum atomic E-state index is -4.96. The highest BCUT2D eigenvalue weighted by Crippen LogP contribution is 2.45. The number of rotatable bonds is 78. The van der Waals surface area contributed by atoms with E-state index in [-0.39, 0.29) is 25.7 Å². The van der Waals surface area contributed by atoms with Gasteiger partial charge >= 0.3 is 39.5 Å². The van der Waals surface area contributed by atoms with E-state index in [4.69, 9.17) is 37.0 Å². The number of carbonyl (C=O) groups is 4. The van der Waals surface area contributed by atoms with Gasteiger partial charge in [0.1, 0.15) is 19.3 Å². The van der Waals surface area contributed by atoms with Crippen LogP contribution in [0.15, 0.2) is 0 Å². The highest BCUT2D eigenvalue weighted by molar-refractivity contribution is 7.47. The number of carbonyl (C=O) groups excluding carboxylic acids is 4. The Morgan fingerprint density at radius 2 is 0.480 bits per heavy atom. The highest BCUT2D eigenvalue weighted by Gasteiger charge is 2.30. The third kappa shape index (κ3) is 71.7. The lowest BCUT2D eigenvalue weighted by Crippen LogP contribution is -2.30. The molecule has 594 valence electrons. The normalized spacial score (nSPS) is 14.6. The molecule has 17 nitrogen and oxygen atoms in total. The standard InChI is InChI=1S/C81H158O17P2/c1-9-73(7)59-51-43-35-26-22-17-15-13-11-12-14-16-18-23-27-37-45-53-61-78(83)91-67-76(97-80(85)63-55-47-39-28-24-20-19-21-25-33-41-49-57-71(3)4)69-95-99(87,88)93-65-75(82)66-94-100(89,90)96-70-77(68-92-79(84)62-54-46-38-31-29-34-42-50-58-72(5)6)98-81(86)64-56-48-40-32-30-36-44-52-60-74(8)10-2/h71-77,82H,9-70H2,1-8H3,(H,87,88)(H,89,90)/t73?,74?,75?,76-,77-/m1/s1. The number of aliphatic hydroxyl groups excluding tert-OH is 1. The Morgan fingerprint density at radius 3 is 0.710 bits per heavy atom. The Labute approximate surface area is 613 Å². The first-order valence-electron chi connectivity index (χ1n) is 41.8. The molecule has 0 aromatic rings. The summed E-state index contributed by atoms with van der Waals surface area (Å²) in [5.41, 5.74) is 0. The van der Waals surface area contributed by atoms with Crippen molar-refractivity contribution in [3.63, 3.8) is 0 Å². The number of esters is 4. The summed E-state index contributed by atoms with van der Waals surface area (Å²) in [6.45, 7) is 14.3. The number of aliphatic hydroxyl groups is 1. The molecule has 0 aliphatic heterocycles. The van der Waals surface area contributed by atoms with Gasteiger partial charge in [-0.15, -0.1) is 0 Å². The van der Waals surface area contributed by atoms with Gasteiger partial charge in [-0.2, -0.15) is 0 Å². The molecule has 0 saturated heterocycles. The number of phosphoric ester groups is 2. The zero-order valence-electron chi connectivity index (χ0n) is 65.8. The lowest BCUT2D eigenvalue weighted by molar-refractivity contribution is -0.161. The maximum absolute atomic E-state index is 13.1. The zero-order valence-corrected chi connectivity index (χ0v) is 67.6. The monoisotopic (exact) mass is 1470 g/mol. The first kappa shape index (κ1) is 98.1. The van der Waals surface area contributed by atoms with Gasteiger partial charge in [-0.1, -0.05) is 364 Å². The molecule has 0 aromatic carbocycles. The van der Waals surface area contributed by atoms with Crippen LogP contribution in [0.1, 0.15) is 415 Å². The van der Waals surface area contributed by atoms with Crippen LogP contribution in [0, 0.1) is 23.7 Å². The Morgan fingerprint density at radius 1 is 0.280 bits per heavy atom. The van der Waals surface area contributed by atoms with Gasteiger partial charge in [0.2, 0.25) is 0 Å². The van der Waals surface area contributed by atoms with Crippen molar-refractivity contribution in [3.05, 3.63) is 0 Å². The molecule has 0 aromatic heterocycles. The van der Waals surface area contributed by atoms with E-state index in [1.165, 1.54) is 218 Å². The lowest BCUT2D eigenvalue weighted by atomic mass is 9.99. The molecule has 0 heterocycles. The number of hydrogen-bond donors (Lipinski definition) is 3. The van der Waals surface area contributed by atoms with E-state index < -0.39 is 97.5 Å². The molecule has 5 unspecified atom stereocenters. The first-order valence-corrected chi connectivity index (χ1v) is 44.8. The van der Waals surface area contributed by atoms with E-state index in [2.05, 4.69) is 55.4 Å². The summed E-state index contributed by atoms with van der Waals surface area (Å²) in [7, 11) is -9.92. The van der Waals surface area contributed by atoms with Gasteiger partial charge in [-0.25, -0.2) is 9.13 Å². The average Bonchev–Trinajstić information content (AvgIpc) is 0.936. The molecular formula is C81H158O17P2. The van der Waals surface area contributed by atoms with Gasteiger partial charge in [-0.3, -0.25) is 37.3 Å². The highest BCUT2D eigenvalue weighted by atomic mass is 31.2. The Hall–Kier alpha value is -1.94. The van der Waals surface area contributed by atoms with Gasteiger partial charge in [0.15, 0.2) is 12.2 Å². The molecule has 0 aliphatic rings. The SMILES string of the molecule is CCC(C)CCCCCCCCCCCCCCCCCCCCC(=O)OC[C@H](COP(=O)(O)OCC(O)COP(=O)(O)OC[C@@H](COC(=O)CCCCCCCCCCC(C)C)OC(=O)CCCCCCCCCCC(C)CC)OC(=O)CCCCCCCCCCCCCCC(C)C. The number of unbranched alkanes of at least 4 members (excludes halogenated alkanes) is 42. The van der Waals surface area contributed by atoms with Gasteiger partial charge in [0.05, 0.1) is 26.4 Å². The van der Waals surface area contributed by atoms with Crippen molar-refractivity contribution >= 4 is 39.5 Å². The predicted octanol–water partition coefficient (Wildman–Crippen LogP) is 24.0. The van der Waals surface area contributed by atoms with Crippen LogP contribution in [-0.4, -0.2) is 96.7 Å². The van der Waals surface area contributed by atoms with E-state index in [9.17, 15) is 43.2 Å². The molecule has 19 heteroatoms. The third-order valence-corrected chi connectivity index (χ3v) is 21.4. The van der Waals surface area contributed by atoms with E-state index >= 15 is 0 Å². The van der Waals surface area contributed by atoms with E-state index in [0.29, 0.717) is 25.7 Å². The fourth-order valence-electron chi connectivity index (χ4n) is 12.4. The summed E-state index contributed by atoms with van der Waals surface area (Å²) in [5, 5.41) is 10.6. The summed E-state index contributed by atoms with van der Waals surface area (Å²) in [5.74, 6) is 1.03. The second-order valence-electron chi connectivity index (χ2n) is 30.6. The minimum Gasteiger partial charge on any atom is -0.462 e. The summed E-state index contributed by atoms with van der Waals surface area (Å²) in [6.07, 6.45) is 56.9. The van der Waals surface area contributed by atoms with Gasteiger partial charge in [-0.05, 0) is 49.4 Å². The van der Waals surface area contributed by atoms with Crippen LogP contribution in [0.4, 0.5) is 0 Å². The number of hydrogen-bond acceptors (Lipinski definition) is 15. The molecule has 0 fully saturated rings. The Bertz CT molecular complexity index is 1960. The van der Waals surface area contributed by atoms with Gasteiger partial charge in [0.25, 0.3) is 0 Å². The molecule has 0 amide bonds. The van der Waals surface area contributed by atoms with E-state index in [0.717, 1.165) is 114 Å². The van der Waals surface area contributed by atoms with Crippen LogP contribution in [-0.2, 0) is 65.4 Å². The van der Waals surface area contributed by atoms with Crippen LogP contribution < -0.4 is 0 Å². The molecule has 7 atom stereocenters. The fourth-order valence-corrected chi connectivity index (χ4v) is 13.9. The quantitative estimate of drug-likeness (QED) is 0.0222. The fraction of sp³-hybridized carbons (Fsp3) is 0.951. The number of phosphoric acid groups is 2. The van der Waals surface area contributed by atoms with Crippen molar-refractivity contribution in [2.24, 2.45) is 23.7 Å². The van der Waals surface area contributed by atoms with Gasteiger partial charge < -0.3 is 33.8 Å². The van der Waals surface area contributed by atoms with Crippen molar-refractivity contribution < 1.29 is 80.2 Å². The second-order valence-corrected chi connectivity index (χ2v) is 33.5. The molecule has 3 N–H and O–H groups in total. The summed E-state index contributed by atoms with van der Waals surface area (Å²) >= 11 is 0. The largest absolute Gasteiger partial charge is 0.472 e. The smallest absolute Gasteiger partial charge is 0.462 e. The summed E-state index contributed by atoms with van der Waals surface area (Å²) < 4.78 is 68.7. The van der Waals surface area contributed by atoms with Crippen LogP contribution in [0.3, 0.4) is 0 Å². The van der Waals surface area contributed by atoms with Crippen LogP contribution in [0.25, 0.3) is 0 Å². The maximum Gasteiger partial charge on any atom is 0.472 e. The topological polar surface area (TPSA) is 237 Å². The summed E-state index contributed by atoms with van der Waals surface area (Å²) in [6, 6.07) is 0. The Kier molecular flexibility index (Phi) is 68.7. The van der Waals surface area contributed by atoms with Crippen molar-refractivity contribution in [2.75, 3.05) is 39.6 Å². The molecule has 0 saturated carbocycles. The first-order chi connectivity index (χ1) is 48.2. The molecular weight excluding hydrogens is 1310 g/mol. The Balaban J connectivity index is 5.20. The average molecular weight is 1470 g/mol. The molecule has 0 radical (unpaired) electrons. The molecule has 0 spiro atoms. The van der Waals surface area contributed by atoms with Gasteiger partial charge in [0, 0.05) is 25.7 Å². The second kappa shape index (κ2) is 70.1. The molecule has 0 rings (SSSR count). The third-order valence-electron chi connectivity index (χ3n) is 19.5. The summed E-state index contributed by atoms with van der Waals surface area (Å²) in [4.78, 5) is 73.0. The van der Waals surface area contributed by atoms with Crippen LogP contribution in [0.2, 0.25) is 0 Å². The van der Waals surface area contributed by atoms with E-state index in [1.807, 2.05) is 0 Å². The molecule has 0 aliphatic carbocycles. The molecule has 0 bridgehead atoms. The zero-order chi connectivity index (χ0) is 73.8. The lowest BCUT2D eigenvalue weighted by Gasteiger charge is -2.21. The minimum absolute atomic E-state index is 0.104. The molecule has 100 heavy (non-hydrogen) atoms. The van der Waals surface area contributed by atoms with Crippen LogP contribution >= 0.6 is 15.6 Å². The van der Waals surface area contributed by atoms with Crippen LogP contribution in [0.5, 0.6) is 0 Å². The van der Waals surface area contributed by atoms with Crippen molar-refractivity contribution in [1.29, 1.82) is 0 Å². The van der Waals surface area contributed by atoms with Crippen molar-refractivity contribution in [1.82, 2.24) is 0 Å². The predicted molar refractivity (Wildman–Crippen MR) is 409 cm³/mol. The number of ether oxygens (including phenoxy) is 4. The maximum atomic E-state index is 13.1.